The third-order valence-corrected chi connectivity index (χ3v) is 6.14. The minimum atomic E-state index is 0.112. The van der Waals surface area contributed by atoms with E-state index < -0.39 is 0 Å². The van der Waals surface area contributed by atoms with Crippen LogP contribution in [0.15, 0.2) is 58.5 Å². The molecule has 1 saturated heterocycles. The van der Waals surface area contributed by atoms with Gasteiger partial charge in [-0.25, -0.2) is 0 Å². The summed E-state index contributed by atoms with van der Waals surface area (Å²) in [7, 11) is 1.88. The molecule has 168 valence electrons. The molecule has 2 aliphatic rings. The first-order chi connectivity index (χ1) is 15.6. The number of guanidine groups is 1. The highest BCUT2D eigenvalue weighted by Gasteiger charge is 2.25. The third-order valence-electron chi connectivity index (χ3n) is 6.14. The van der Waals surface area contributed by atoms with Crippen LogP contribution in [0.5, 0.6) is 0 Å². The molecule has 2 aliphatic heterocycles. The van der Waals surface area contributed by atoms with Crippen LogP contribution in [-0.2, 0) is 12.8 Å². The molecular formula is C25H33N7. The maximum absolute atomic E-state index is 7.52. The summed E-state index contributed by atoms with van der Waals surface area (Å²) >= 11 is 0. The second kappa shape index (κ2) is 10.3. The second-order valence-electron chi connectivity index (χ2n) is 8.32. The van der Waals surface area contributed by atoms with E-state index in [0.717, 1.165) is 75.9 Å². The van der Waals surface area contributed by atoms with Crippen LogP contribution in [-0.4, -0.2) is 73.7 Å². The Hall–Kier alpha value is -3.35. The van der Waals surface area contributed by atoms with Gasteiger partial charge in [0.1, 0.15) is 11.7 Å². The second-order valence-corrected chi connectivity index (χ2v) is 8.32. The molecule has 0 unspecified atom stereocenters. The molecule has 7 nitrogen and oxygen atoms in total. The summed E-state index contributed by atoms with van der Waals surface area (Å²) in [6.45, 7) is 5.84. The monoisotopic (exact) mass is 431 g/mol. The number of amidine groups is 2. The smallest absolute Gasteiger partial charge is 0.196 e. The first-order valence-electron chi connectivity index (χ1n) is 11.4. The van der Waals surface area contributed by atoms with Crippen molar-refractivity contribution in [1.29, 1.82) is 5.41 Å². The van der Waals surface area contributed by atoms with Gasteiger partial charge in [0.15, 0.2) is 5.96 Å². The Bertz CT molecular complexity index is 976. The molecule has 0 saturated carbocycles. The summed E-state index contributed by atoms with van der Waals surface area (Å²) in [5.74, 6) is 2.22. The summed E-state index contributed by atoms with van der Waals surface area (Å²) in [6.07, 6.45) is 3.06. The van der Waals surface area contributed by atoms with Crippen molar-refractivity contribution in [3.8, 4) is 0 Å². The Morgan fingerprint density at radius 3 is 2.09 bits per heavy atom. The zero-order valence-corrected chi connectivity index (χ0v) is 18.8. The summed E-state index contributed by atoms with van der Waals surface area (Å²) in [6, 6.07) is 16.8. The highest BCUT2D eigenvalue weighted by molar-refractivity contribution is 5.99. The van der Waals surface area contributed by atoms with Crippen LogP contribution in [0, 0.1) is 5.41 Å². The number of nitrogens with one attached hydrogen (secondary N) is 2. The Kier molecular flexibility index (Phi) is 7.04. The topological polar surface area (TPSA) is 93.1 Å². The lowest BCUT2D eigenvalue weighted by molar-refractivity contribution is 0.465. The van der Waals surface area contributed by atoms with Crippen molar-refractivity contribution in [2.45, 2.75) is 19.3 Å². The molecule has 1 fully saturated rings. The van der Waals surface area contributed by atoms with E-state index in [0.29, 0.717) is 0 Å². The van der Waals surface area contributed by atoms with Crippen LogP contribution in [0.2, 0.25) is 0 Å². The predicted molar refractivity (Wildman–Crippen MR) is 132 cm³/mol. The van der Waals surface area contributed by atoms with Gasteiger partial charge in [0.25, 0.3) is 0 Å². The fraction of sp³-hybridized carbons (Fsp3) is 0.400. The average Bonchev–Trinajstić information content (AvgIpc) is 3.24. The van der Waals surface area contributed by atoms with Crippen LogP contribution in [0.4, 0.5) is 0 Å². The van der Waals surface area contributed by atoms with Crippen molar-refractivity contribution < 1.29 is 0 Å². The normalized spacial score (nSPS) is 17.4. The van der Waals surface area contributed by atoms with Crippen molar-refractivity contribution in [1.82, 2.24) is 15.1 Å². The molecule has 0 aliphatic carbocycles. The van der Waals surface area contributed by atoms with E-state index in [1.54, 1.807) is 0 Å². The maximum Gasteiger partial charge on any atom is 0.196 e. The molecule has 0 amide bonds. The molecule has 32 heavy (non-hydrogen) atoms. The molecule has 4 rings (SSSR count). The van der Waals surface area contributed by atoms with E-state index >= 15 is 0 Å². The molecule has 7 heteroatoms. The lowest BCUT2D eigenvalue weighted by Crippen LogP contribution is -2.35. The van der Waals surface area contributed by atoms with E-state index in [1.807, 2.05) is 19.2 Å². The van der Waals surface area contributed by atoms with Gasteiger partial charge in [0, 0.05) is 57.4 Å². The first kappa shape index (κ1) is 21.9. The molecule has 0 radical (unpaired) electrons. The fourth-order valence-electron chi connectivity index (χ4n) is 4.28. The van der Waals surface area contributed by atoms with Crippen molar-refractivity contribution in [3.05, 3.63) is 70.8 Å². The number of hydrogen-bond acceptors (Lipinski definition) is 4. The van der Waals surface area contributed by atoms with E-state index in [-0.39, 0.29) is 5.84 Å². The van der Waals surface area contributed by atoms with Crippen LogP contribution < -0.4 is 11.1 Å². The Labute approximate surface area is 190 Å². The summed E-state index contributed by atoms with van der Waals surface area (Å²) < 4.78 is 0. The molecular weight excluding hydrogens is 398 g/mol. The Morgan fingerprint density at radius 1 is 1.00 bits per heavy atom. The number of rotatable bonds is 8. The van der Waals surface area contributed by atoms with Crippen molar-refractivity contribution in [2.24, 2.45) is 15.7 Å². The fourth-order valence-corrected chi connectivity index (χ4v) is 4.28. The first-order valence-corrected chi connectivity index (χ1v) is 11.4. The van der Waals surface area contributed by atoms with Gasteiger partial charge < -0.3 is 20.9 Å². The highest BCUT2D eigenvalue weighted by atomic mass is 15.4. The van der Waals surface area contributed by atoms with E-state index in [4.69, 9.17) is 11.1 Å². The van der Waals surface area contributed by atoms with Gasteiger partial charge in [-0.1, -0.05) is 48.5 Å². The number of hydrogen-bond donors (Lipinski definition) is 3. The molecule has 0 spiro atoms. The van der Waals surface area contributed by atoms with E-state index in [2.05, 4.69) is 61.5 Å². The maximum atomic E-state index is 7.52. The molecule has 2 aromatic rings. The van der Waals surface area contributed by atoms with Crippen molar-refractivity contribution >= 4 is 17.6 Å². The molecule has 2 aromatic carbocycles. The van der Waals surface area contributed by atoms with Gasteiger partial charge in [-0.05, 0) is 30.4 Å². The lowest BCUT2D eigenvalue weighted by Gasteiger charge is -2.23. The minimum absolute atomic E-state index is 0.112. The zero-order chi connectivity index (χ0) is 22.3. The largest absolute Gasteiger partial charge is 0.384 e. The number of nitrogens with zero attached hydrogens (tertiary/aromatic N) is 4. The predicted octanol–water partition coefficient (Wildman–Crippen LogP) is 2.10. The van der Waals surface area contributed by atoms with Gasteiger partial charge in [-0.15, -0.1) is 0 Å². The van der Waals surface area contributed by atoms with Crippen LogP contribution in [0.25, 0.3) is 0 Å². The van der Waals surface area contributed by atoms with Crippen LogP contribution in [0.3, 0.4) is 0 Å². The van der Waals surface area contributed by atoms with Gasteiger partial charge in [0.2, 0.25) is 0 Å². The van der Waals surface area contributed by atoms with E-state index in [1.165, 1.54) is 16.7 Å². The lowest BCUT2D eigenvalue weighted by atomic mass is 10.1. The van der Waals surface area contributed by atoms with Crippen LogP contribution in [0.1, 0.15) is 28.7 Å². The van der Waals surface area contributed by atoms with E-state index in [9.17, 15) is 0 Å². The van der Waals surface area contributed by atoms with Crippen molar-refractivity contribution in [3.63, 3.8) is 0 Å². The average molecular weight is 432 g/mol. The SMILES string of the molecule is CN=C1N(CCc2ccc(C(=N)N)cc2)CCN1CCc1ccc(C2=NCCCN2)cc1. The van der Waals surface area contributed by atoms with Gasteiger partial charge in [0.05, 0.1) is 0 Å². The minimum Gasteiger partial charge on any atom is -0.384 e. The molecule has 0 atom stereocenters. The number of nitrogen functional groups attached to an aromatic ring is 1. The van der Waals surface area contributed by atoms with Crippen LogP contribution >= 0.6 is 0 Å². The Morgan fingerprint density at radius 2 is 1.59 bits per heavy atom. The zero-order valence-electron chi connectivity index (χ0n) is 18.8. The standard InChI is InChI=1S/C25H33N7/c1-28-25-31(15-11-19-3-7-21(8-4-19)23(26)27)17-18-32(25)16-12-20-5-9-22(10-6-20)24-29-13-2-14-30-24/h3-10H,2,11-18H2,1H3,(H3,26,27)(H,29,30). The van der Waals surface area contributed by atoms with Crippen molar-refractivity contribution in [2.75, 3.05) is 46.3 Å². The highest BCUT2D eigenvalue weighted by Crippen LogP contribution is 2.14. The summed E-state index contributed by atoms with van der Waals surface area (Å²) in [4.78, 5) is 13.9. The molecule has 2 heterocycles. The number of nitrogens with two attached hydrogens (primary N) is 1. The Balaban J connectivity index is 1.28. The van der Waals surface area contributed by atoms with Gasteiger partial charge in [-0.3, -0.25) is 15.4 Å². The van der Waals surface area contributed by atoms with Gasteiger partial charge >= 0.3 is 0 Å². The summed E-state index contributed by atoms with van der Waals surface area (Å²) in [5.41, 5.74) is 10.1. The third kappa shape index (κ3) is 5.28. The quantitative estimate of drug-likeness (QED) is 0.441. The number of aliphatic imine (C=N–C) groups is 2. The molecule has 0 bridgehead atoms. The van der Waals surface area contributed by atoms with Gasteiger partial charge in [-0.2, -0.15) is 0 Å². The molecule has 0 aromatic heterocycles. The summed E-state index contributed by atoms with van der Waals surface area (Å²) in [5, 5.41) is 10.9. The molecule has 4 N–H and O–H groups in total. The number of benzene rings is 2.